The summed E-state index contributed by atoms with van der Waals surface area (Å²) < 4.78 is 0. The summed E-state index contributed by atoms with van der Waals surface area (Å²) in [4.78, 5) is 27.4. The molecule has 0 aliphatic rings. The Morgan fingerprint density at radius 1 is 1.10 bits per heavy atom. The van der Waals surface area contributed by atoms with Crippen molar-refractivity contribution in [1.82, 2.24) is 4.98 Å². The van der Waals surface area contributed by atoms with Crippen molar-refractivity contribution in [3.63, 3.8) is 0 Å². The molecule has 0 radical (unpaired) electrons. The van der Waals surface area contributed by atoms with Crippen molar-refractivity contribution in [2.75, 3.05) is 0 Å². The zero-order valence-electron chi connectivity index (χ0n) is 11.1. The molecule has 0 saturated carbocycles. The van der Waals surface area contributed by atoms with E-state index in [1.165, 1.54) is 0 Å². The van der Waals surface area contributed by atoms with Crippen molar-refractivity contribution >= 4 is 11.8 Å². The van der Waals surface area contributed by atoms with E-state index in [1.807, 2.05) is 19.1 Å². The topological polar surface area (TPSA) is 67.3 Å². The fourth-order valence-corrected chi connectivity index (χ4v) is 2.05. The number of Topliss-reactive ketones (excluding diaryl/α,β-unsaturated/α-hetero) is 1. The molecule has 4 nitrogen and oxygen atoms in total. The average molecular weight is 269 g/mol. The fourth-order valence-electron chi connectivity index (χ4n) is 2.05. The second-order valence-electron chi connectivity index (χ2n) is 4.66. The molecule has 102 valence electrons. The summed E-state index contributed by atoms with van der Waals surface area (Å²) in [6.45, 7) is 1.94. The Hall–Kier alpha value is -2.49. The van der Waals surface area contributed by atoms with E-state index in [0.29, 0.717) is 11.1 Å². The monoisotopic (exact) mass is 269 g/mol. The first-order chi connectivity index (χ1) is 9.58. The predicted octanol–water partition coefficient (Wildman–Crippen LogP) is 2.83. The molecule has 1 N–H and O–H groups in total. The molecule has 1 aromatic heterocycles. The summed E-state index contributed by atoms with van der Waals surface area (Å²) in [7, 11) is 0. The lowest BCUT2D eigenvalue weighted by Gasteiger charge is -2.14. The van der Waals surface area contributed by atoms with E-state index in [9.17, 15) is 9.59 Å². The van der Waals surface area contributed by atoms with Crippen LogP contribution in [-0.2, 0) is 4.79 Å². The Labute approximate surface area is 117 Å². The van der Waals surface area contributed by atoms with E-state index in [0.717, 1.165) is 5.56 Å². The molecule has 1 atom stereocenters. The van der Waals surface area contributed by atoms with Crippen LogP contribution >= 0.6 is 0 Å². The van der Waals surface area contributed by atoms with Crippen LogP contribution < -0.4 is 0 Å². The average Bonchev–Trinajstić information content (AvgIpc) is 2.45. The fraction of sp³-hybridized carbons (Fsp3) is 0.188. The van der Waals surface area contributed by atoms with Gasteiger partial charge in [0.1, 0.15) is 0 Å². The SMILES string of the molecule is Cc1ccc(C(=O)C(CC(=O)O)c2ccncc2)cc1. The van der Waals surface area contributed by atoms with Crippen molar-refractivity contribution in [3.8, 4) is 0 Å². The summed E-state index contributed by atoms with van der Waals surface area (Å²) in [5.74, 6) is -1.86. The third kappa shape index (κ3) is 3.29. The van der Waals surface area contributed by atoms with Crippen LogP contribution in [0.1, 0.15) is 33.8 Å². The maximum Gasteiger partial charge on any atom is 0.304 e. The number of hydrogen-bond donors (Lipinski definition) is 1. The smallest absolute Gasteiger partial charge is 0.304 e. The Morgan fingerprint density at radius 3 is 2.25 bits per heavy atom. The van der Waals surface area contributed by atoms with Crippen molar-refractivity contribution in [2.24, 2.45) is 0 Å². The standard InChI is InChI=1S/C16H15NO3/c1-11-2-4-13(5-3-11)16(20)14(10-15(18)19)12-6-8-17-9-7-12/h2-9,14H,10H2,1H3,(H,18,19). The lowest BCUT2D eigenvalue weighted by Crippen LogP contribution is -2.17. The first kappa shape index (κ1) is 13.9. The van der Waals surface area contributed by atoms with Gasteiger partial charge in [0, 0.05) is 18.0 Å². The van der Waals surface area contributed by atoms with Gasteiger partial charge in [0.2, 0.25) is 0 Å². The van der Waals surface area contributed by atoms with Crippen LogP contribution in [0.3, 0.4) is 0 Å². The minimum Gasteiger partial charge on any atom is -0.481 e. The molecule has 2 aromatic rings. The number of aliphatic carboxylic acids is 1. The molecule has 0 spiro atoms. The maximum atomic E-state index is 12.5. The molecule has 0 fully saturated rings. The van der Waals surface area contributed by atoms with E-state index in [4.69, 9.17) is 5.11 Å². The second kappa shape index (κ2) is 6.10. The van der Waals surface area contributed by atoms with Crippen LogP contribution in [0, 0.1) is 6.92 Å². The first-order valence-corrected chi connectivity index (χ1v) is 6.30. The normalized spacial score (nSPS) is 11.8. The van der Waals surface area contributed by atoms with Crippen LogP contribution in [0.2, 0.25) is 0 Å². The predicted molar refractivity (Wildman–Crippen MR) is 74.7 cm³/mol. The number of ketones is 1. The van der Waals surface area contributed by atoms with Gasteiger partial charge < -0.3 is 5.11 Å². The molecule has 0 saturated heterocycles. The molecular weight excluding hydrogens is 254 g/mol. The summed E-state index contributed by atoms with van der Waals surface area (Å²) >= 11 is 0. The molecular formula is C16H15NO3. The number of carbonyl (C=O) groups is 2. The number of carboxylic acids is 1. The number of benzene rings is 1. The minimum absolute atomic E-state index is 0.182. The van der Waals surface area contributed by atoms with Crippen LogP contribution in [0.4, 0.5) is 0 Å². The van der Waals surface area contributed by atoms with Gasteiger partial charge in [-0.05, 0) is 24.6 Å². The highest BCUT2D eigenvalue weighted by Gasteiger charge is 2.24. The molecule has 2 rings (SSSR count). The quantitative estimate of drug-likeness (QED) is 0.847. The molecule has 1 heterocycles. The molecule has 1 unspecified atom stereocenters. The van der Waals surface area contributed by atoms with Gasteiger partial charge in [-0.2, -0.15) is 0 Å². The Kier molecular flexibility index (Phi) is 4.25. The zero-order chi connectivity index (χ0) is 14.5. The van der Waals surface area contributed by atoms with Gasteiger partial charge in [0.05, 0.1) is 12.3 Å². The van der Waals surface area contributed by atoms with Crippen molar-refractivity contribution in [2.45, 2.75) is 19.3 Å². The number of carboxylic acid groups (broad SMARTS) is 1. The lowest BCUT2D eigenvalue weighted by atomic mass is 9.88. The van der Waals surface area contributed by atoms with Crippen molar-refractivity contribution in [1.29, 1.82) is 0 Å². The van der Waals surface area contributed by atoms with Crippen LogP contribution in [0.15, 0.2) is 48.8 Å². The van der Waals surface area contributed by atoms with Gasteiger partial charge in [0.15, 0.2) is 5.78 Å². The maximum absolute atomic E-state index is 12.5. The number of carbonyl (C=O) groups excluding carboxylic acids is 1. The third-order valence-corrected chi connectivity index (χ3v) is 3.14. The van der Waals surface area contributed by atoms with E-state index in [2.05, 4.69) is 4.98 Å². The van der Waals surface area contributed by atoms with Crippen molar-refractivity contribution in [3.05, 3.63) is 65.5 Å². The minimum atomic E-state index is -0.993. The molecule has 0 aliphatic heterocycles. The summed E-state index contributed by atoms with van der Waals surface area (Å²) in [5.41, 5.74) is 2.26. The van der Waals surface area contributed by atoms with E-state index in [-0.39, 0.29) is 12.2 Å². The van der Waals surface area contributed by atoms with Gasteiger partial charge in [-0.15, -0.1) is 0 Å². The van der Waals surface area contributed by atoms with Crippen LogP contribution in [0.25, 0.3) is 0 Å². The Balaban J connectivity index is 2.34. The Bertz CT molecular complexity index is 605. The number of hydrogen-bond acceptors (Lipinski definition) is 3. The molecule has 4 heteroatoms. The summed E-state index contributed by atoms with van der Waals surface area (Å²) in [5, 5.41) is 9.02. The highest BCUT2D eigenvalue weighted by atomic mass is 16.4. The third-order valence-electron chi connectivity index (χ3n) is 3.14. The largest absolute Gasteiger partial charge is 0.481 e. The number of pyridine rings is 1. The lowest BCUT2D eigenvalue weighted by molar-refractivity contribution is -0.137. The van der Waals surface area contributed by atoms with Crippen LogP contribution in [0.5, 0.6) is 0 Å². The van der Waals surface area contributed by atoms with E-state index < -0.39 is 11.9 Å². The van der Waals surface area contributed by atoms with E-state index >= 15 is 0 Å². The van der Waals surface area contributed by atoms with Gasteiger partial charge in [-0.3, -0.25) is 14.6 Å². The van der Waals surface area contributed by atoms with Gasteiger partial charge in [-0.1, -0.05) is 29.8 Å². The summed E-state index contributed by atoms with van der Waals surface area (Å²) in [6.07, 6.45) is 2.90. The number of aromatic nitrogens is 1. The Morgan fingerprint density at radius 2 is 1.70 bits per heavy atom. The summed E-state index contributed by atoms with van der Waals surface area (Å²) in [6, 6.07) is 10.5. The first-order valence-electron chi connectivity index (χ1n) is 6.30. The highest BCUT2D eigenvalue weighted by molar-refractivity contribution is 6.02. The second-order valence-corrected chi connectivity index (χ2v) is 4.66. The number of nitrogens with zero attached hydrogens (tertiary/aromatic N) is 1. The number of rotatable bonds is 5. The molecule has 0 amide bonds. The number of aryl methyl sites for hydroxylation is 1. The highest BCUT2D eigenvalue weighted by Crippen LogP contribution is 2.24. The van der Waals surface area contributed by atoms with Gasteiger partial charge in [0.25, 0.3) is 0 Å². The van der Waals surface area contributed by atoms with Crippen LogP contribution in [-0.4, -0.2) is 21.8 Å². The molecule has 20 heavy (non-hydrogen) atoms. The molecule has 0 bridgehead atoms. The van der Waals surface area contributed by atoms with Gasteiger partial charge >= 0.3 is 5.97 Å². The molecule has 0 aliphatic carbocycles. The van der Waals surface area contributed by atoms with E-state index in [1.54, 1.807) is 36.7 Å². The van der Waals surface area contributed by atoms with Crippen molar-refractivity contribution < 1.29 is 14.7 Å². The molecule has 1 aromatic carbocycles. The zero-order valence-corrected chi connectivity index (χ0v) is 11.1. The van der Waals surface area contributed by atoms with Gasteiger partial charge in [-0.25, -0.2) is 0 Å².